The van der Waals surface area contributed by atoms with Gasteiger partial charge in [-0.1, -0.05) is 11.6 Å². The van der Waals surface area contributed by atoms with Gasteiger partial charge in [-0.05, 0) is 55.5 Å². The van der Waals surface area contributed by atoms with E-state index in [2.05, 4.69) is 20.4 Å². The van der Waals surface area contributed by atoms with E-state index >= 15 is 0 Å². The average Bonchev–Trinajstić information content (AvgIpc) is 3.08. The Hall–Kier alpha value is -3.12. The summed E-state index contributed by atoms with van der Waals surface area (Å²) in [5.41, 5.74) is 2.65. The molecule has 4 aromatic rings. The molecule has 2 aromatic carbocycles. The molecular weight excluding hydrogens is 350 g/mol. The van der Waals surface area contributed by atoms with Gasteiger partial charge < -0.3 is 10.1 Å². The SMILES string of the molecule is COc1ccc(-c2nc3nc(C)cc(Nc4ccc(Cl)cc4)n3n2)cc1. The summed E-state index contributed by atoms with van der Waals surface area (Å²) in [7, 11) is 1.64. The van der Waals surface area contributed by atoms with Crippen LogP contribution in [-0.4, -0.2) is 26.7 Å². The number of nitrogens with zero attached hydrogens (tertiary/aromatic N) is 4. The smallest absolute Gasteiger partial charge is 0.254 e. The quantitative estimate of drug-likeness (QED) is 0.576. The minimum atomic E-state index is 0.535. The van der Waals surface area contributed by atoms with E-state index < -0.39 is 0 Å². The molecular formula is C19H16ClN5O. The molecule has 0 radical (unpaired) electrons. The van der Waals surface area contributed by atoms with Gasteiger partial charge in [0.05, 0.1) is 7.11 Å². The number of halogens is 1. The largest absolute Gasteiger partial charge is 0.497 e. The minimum Gasteiger partial charge on any atom is -0.497 e. The van der Waals surface area contributed by atoms with Gasteiger partial charge in [0.25, 0.3) is 5.78 Å². The van der Waals surface area contributed by atoms with Crippen molar-refractivity contribution in [1.82, 2.24) is 19.6 Å². The molecule has 7 heteroatoms. The van der Waals surface area contributed by atoms with Crippen LogP contribution in [0.25, 0.3) is 17.2 Å². The molecule has 0 aliphatic carbocycles. The first-order chi connectivity index (χ1) is 12.6. The van der Waals surface area contributed by atoms with Crippen LogP contribution in [0, 0.1) is 6.92 Å². The Morgan fingerprint density at radius 2 is 1.73 bits per heavy atom. The number of aryl methyl sites for hydroxylation is 1. The number of hydrogen-bond acceptors (Lipinski definition) is 5. The summed E-state index contributed by atoms with van der Waals surface area (Å²) >= 11 is 5.95. The summed E-state index contributed by atoms with van der Waals surface area (Å²) < 4.78 is 6.89. The van der Waals surface area contributed by atoms with E-state index in [0.717, 1.165) is 28.5 Å². The fourth-order valence-electron chi connectivity index (χ4n) is 2.62. The van der Waals surface area contributed by atoms with Crippen LogP contribution in [0.2, 0.25) is 5.02 Å². The molecule has 0 saturated carbocycles. The number of ether oxygens (including phenoxy) is 1. The zero-order valence-corrected chi connectivity index (χ0v) is 15.0. The third-order valence-corrected chi connectivity index (χ3v) is 4.16. The summed E-state index contributed by atoms with van der Waals surface area (Å²) in [4.78, 5) is 9.03. The van der Waals surface area contributed by atoms with Gasteiger partial charge >= 0.3 is 0 Å². The third-order valence-electron chi connectivity index (χ3n) is 3.91. The van der Waals surface area contributed by atoms with Gasteiger partial charge in [0, 0.05) is 28.0 Å². The zero-order valence-electron chi connectivity index (χ0n) is 14.3. The second kappa shape index (κ2) is 6.65. The lowest BCUT2D eigenvalue weighted by molar-refractivity contribution is 0.415. The van der Waals surface area contributed by atoms with Crippen molar-refractivity contribution in [3.8, 4) is 17.1 Å². The van der Waals surface area contributed by atoms with Crippen LogP contribution in [0.1, 0.15) is 5.69 Å². The summed E-state index contributed by atoms with van der Waals surface area (Å²) in [6.07, 6.45) is 0. The van der Waals surface area contributed by atoms with Crippen LogP contribution in [-0.2, 0) is 0 Å². The molecule has 0 atom stereocenters. The summed E-state index contributed by atoms with van der Waals surface area (Å²) in [5.74, 6) is 2.70. The van der Waals surface area contributed by atoms with Crippen LogP contribution in [0.3, 0.4) is 0 Å². The standard InChI is InChI=1S/C19H16ClN5O/c1-12-11-17(22-15-7-5-14(20)6-8-15)25-19(21-12)23-18(24-25)13-3-9-16(26-2)10-4-13/h3-11,22H,1-2H3. The Balaban J connectivity index is 1.75. The lowest BCUT2D eigenvalue weighted by Crippen LogP contribution is -2.02. The molecule has 0 amide bonds. The highest BCUT2D eigenvalue weighted by Crippen LogP contribution is 2.23. The van der Waals surface area contributed by atoms with Crippen molar-refractivity contribution in [3.63, 3.8) is 0 Å². The second-order valence-corrected chi connectivity index (χ2v) is 6.23. The average molecular weight is 366 g/mol. The van der Waals surface area contributed by atoms with Crippen molar-refractivity contribution in [2.45, 2.75) is 6.92 Å². The van der Waals surface area contributed by atoms with Gasteiger partial charge in [0.2, 0.25) is 0 Å². The first kappa shape index (κ1) is 16.4. The van der Waals surface area contributed by atoms with Crippen molar-refractivity contribution in [1.29, 1.82) is 0 Å². The number of fused-ring (bicyclic) bond motifs is 1. The normalized spacial score (nSPS) is 10.9. The van der Waals surface area contributed by atoms with Gasteiger partial charge in [-0.25, -0.2) is 4.98 Å². The number of hydrogen-bond donors (Lipinski definition) is 1. The topological polar surface area (TPSA) is 64.3 Å². The fourth-order valence-corrected chi connectivity index (χ4v) is 2.75. The van der Waals surface area contributed by atoms with E-state index in [1.165, 1.54) is 0 Å². The summed E-state index contributed by atoms with van der Waals surface area (Å²) in [6, 6.07) is 17.0. The molecule has 26 heavy (non-hydrogen) atoms. The molecule has 4 rings (SSSR count). The van der Waals surface area contributed by atoms with Crippen LogP contribution in [0.4, 0.5) is 11.5 Å². The van der Waals surface area contributed by atoms with Gasteiger partial charge in [-0.3, -0.25) is 0 Å². The zero-order chi connectivity index (χ0) is 18.1. The number of benzene rings is 2. The molecule has 0 aliphatic heterocycles. The van der Waals surface area contributed by atoms with E-state index in [9.17, 15) is 0 Å². The Bertz CT molecular complexity index is 1060. The predicted molar refractivity (Wildman–Crippen MR) is 102 cm³/mol. The van der Waals surface area contributed by atoms with Crippen LogP contribution < -0.4 is 10.1 Å². The van der Waals surface area contributed by atoms with Gasteiger partial charge in [0.15, 0.2) is 5.82 Å². The minimum absolute atomic E-state index is 0.535. The van der Waals surface area contributed by atoms with Crippen molar-refractivity contribution in [3.05, 3.63) is 65.3 Å². The lowest BCUT2D eigenvalue weighted by Gasteiger charge is -2.08. The van der Waals surface area contributed by atoms with Crippen molar-refractivity contribution in [2.75, 3.05) is 12.4 Å². The highest BCUT2D eigenvalue weighted by Gasteiger charge is 2.12. The molecule has 0 fully saturated rings. The van der Waals surface area contributed by atoms with Crippen LogP contribution >= 0.6 is 11.6 Å². The first-order valence-corrected chi connectivity index (χ1v) is 8.41. The molecule has 0 bridgehead atoms. The maximum absolute atomic E-state index is 5.95. The molecule has 0 aliphatic rings. The monoisotopic (exact) mass is 365 g/mol. The molecule has 1 N–H and O–H groups in total. The maximum Gasteiger partial charge on any atom is 0.254 e. The van der Waals surface area contributed by atoms with E-state index in [0.29, 0.717) is 16.6 Å². The van der Waals surface area contributed by atoms with Crippen molar-refractivity contribution < 1.29 is 4.74 Å². The summed E-state index contributed by atoms with van der Waals surface area (Å²) in [5, 5.41) is 8.64. The van der Waals surface area contributed by atoms with Crippen LogP contribution in [0.15, 0.2) is 54.6 Å². The summed E-state index contributed by atoms with van der Waals surface area (Å²) in [6.45, 7) is 1.93. The Morgan fingerprint density at radius 3 is 2.42 bits per heavy atom. The number of anilines is 2. The molecule has 130 valence electrons. The predicted octanol–water partition coefficient (Wildman–Crippen LogP) is 4.51. The van der Waals surface area contributed by atoms with Crippen LogP contribution in [0.5, 0.6) is 5.75 Å². The first-order valence-electron chi connectivity index (χ1n) is 8.04. The molecule has 2 aromatic heterocycles. The van der Waals surface area contributed by atoms with E-state index in [1.54, 1.807) is 11.6 Å². The number of nitrogens with one attached hydrogen (secondary N) is 1. The molecule has 2 heterocycles. The maximum atomic E-state index is 5.95. The Labute approximate surface area is 155 Å². The van der Waals surface area contributed by atoms with Gasteiger partial charge in [-0.15, -0.1) is 5.10 Å². The Kier molecular flexibility index (Phi) is 4.18. The van der Waals surface area contributed by atoms with E-state index in [-0.39, 0.29) is 0 Å². The highest BCUT2D eigenvalue weighted by molar-refractivity contribution is 6.30. The lowest BCUT2D eigenvalue weighted by atomic mass is 10.2. The van der Waals surface area contributed by atoms with Crippen molar-refractivity contribution >= 4 is 28.9 Å². The highest BCUT2D eigenvalue weighted by atomic mass is 35.5. The third kappa shape index (κ3) is 3.19. The molecule has 0 saturated heterocycles. The second-order valence-electron chi connectivity index (χ2n) is 5.79. The van der Waals surface area contributed by atoms with Gasteiger partial charge in [0.1, 0.15) is 11.6 Å². The Morgan fingerprint density at radius 1 is 1.00 bits per heavy atom. The van der Waals surface area contributed by atoms with E-state index in [1.807, 2.05) is 61.5 Å². The molecule has 0 unspecified atom stereocenters. The van der Waals surface area contributed by atoms with Gasteiger partial charge in [-0.2, -0.15) is 9.50 Å². The van der Waals surface area contributed by atoms with Crippen molar-refractivity contribution in [2.24, 2.45) is 0 Å². The molecule has 6 nitrogen and oxygen atoms in total. The van der Waals surface area contributed by atoms with E-state index in [4.69, 9.17) is 16.3 Å². The number of aromatic nitrogens is 4. The fraction of sp³-hybridized carbons (Fsp3) is 0.105. The number of methoxy groups -OCH3 is 1. The number of rotatable bonds is 4. The molecule has 0 spiro atoms.